The van der Waals surface area contributed by atoms with Crippen LogP contribution in [0, 0.1) is 0 Å². The summed E-state index contributed by atoms with van der Waals surface area (Å²) in [5.74, 6) is 0.946. The largest absolute Gasteiger partial charge is 0.610 e. The lowest BCUT2D eigenvalue weighted by Crippen LogP contribution is -2.14. The Bertz CT molecular complexity index is 926. The van der Waals surface area contributed by atoms with Crippen molar-refractivity contribution < 1.29 is 22.5 Å². The standard InChI is InChI=1S/C18H18F3N3O2S/c1-3-4-9-27(25)17-11-16-22-14(12-5-7-13(26-2)8-6-12)10-15(18(19,20)21)24(16)23-17/h5-8,10-11H,3-4,9H2,1-2H3. The molecule has 0 amide bonds. The molecule has 27 heavy (non-hydrogen) atoms. The van der Waals surface area contributed by atoms with Gasteiger partial charge in [0, 0.05) is 16.7 Å². The third-order valence-corrected chi connectivity index (χ3v) is 5.32. The van der Waals surface area contributed by atoms with Gasteiger partial charge in [0.15, 0.2) is 11.3 Å². The zero-order chi connectivity index (χ0) is 19.6. The number of nitrogens with zero attached hydrogens (tertiary/aromatic N) is 3. The van der Waals surface area contributed by atoms with Crippen LogP contribution in [0.1, 0.15) is 25.5 Å². The predicted molar refractivity (Wildman–Crippen MR) is 96.2 cm³/mol. The zero-order valence-electron chi connectivity index (χ0n) is 14.8. The van der Waals surface area contributed by atoms with Gasteiger partial charge in [-0.15, -0.1) is 5.10 Å². The van der Waals surface area contributed by atoms with Crippen molar-refractivity contribution >= 4 is 16.8 Å². The maximum Gasteiger partial charge on any atom is 0.433 e. The van der Waals surface area contributed by atoms with Gasteiger partial charge in [0.25, 0.3) is 5.03 Å². The van der Waals surface area contributed by atoms with Crippen LogP contribution in [0.2, 0.25) is 0 Å². The quantitative estimate of drug-likeness (QED) is 0.581. The highest BCUT2D eigenvalue weighted by Gasteiger charge is 2.36. The molecule has 0 aliphatic carbocycles. The van der Waals surface area contributed by atoms with Crippen LogP contribution in [0.15, 0.2) is 41.4 Å². The summed E-state index contributed by atoms with van der Waals surface area (Å²) in [4.78, 5) is 4.28. The fourth-order valence-corrected chi connectivity index (χ4v) is 3.73. The molecule has 1 unspecified atom stereocenters. The SMILES string of the molecule is CCCC[S+]([O-])c1cc2nc(-c3ccc(OC)cc3)cc(C(F)(F)F)n2n1. The number of rotatable bonds is 6. The molecule has 3 aromatic rings. The van der Waals surface area contributed by atoms with Crippen LogP contribution < -0.4 is 4.74 Å². The summed E-state index contributed by atoms with van der Waals surface area (Å²) in [6.07, 6.45) is -3.08. The Hall–Kier alpha value is -2.26. The highest BCUT2D eigenvalue weighted by atomic mass is 32.2. The van der Waals surface area contributed by atoms with Crippen LogP contribution in [0.3, 0.4) is 0 Å². The van der Waals surface area contributed by atoms with Crippen LogP contribution in [-0.4, -0.2) is 32.0 Å². The first-order valence-electron chi connectivity index (χ1n) is 8.34. The van der Waals surface area contributed by atoms with Crippen molar-refractivity contribution in [1.29, 1.82) is 0 Å². The molecule has 0 fully saturated rings. The molecule has 0 aliphatic rings. The molecule has 1 atom stereocenters. The first-order chi connectivity index (χ1) is 12.8. The van der Waals surface area contributed by atoms with Crippen LogP contribution in [0.4, 0.5) is 13.2 Å². The van der Waals surface area contributed by atoms with E-state index < -0.39 is 23.0 Å². The van der Waals surface area contributed by atoms with Crippen molar-refractivity contribution in [3.63, 3.8) is 0 Å². The van der Waals surface area contributed by atoms with E-state index in [1.165, 1.54) is 13.2 Å². The van der Waals surface area contributed by atoms with Crippen LogP contribution in [0.5, 0.6) is 5.75 Å². The minimum atomic E-state index is -4.63. The van der Waals surface area contributed by atoms with Gasteiger partial charge in [-0.05, 0) is 36.8 Å². The molecule has 1 aromatic carbocycles. The minimum Gasteiger partial charge on any atom is -0.610 e. The number of unbranched alkanes of at least 4 members (excludes halogenated alkanes) is 1. The van der Waals surface area contributed by atoms with Crippen molar-refractivity contribution in [2.24, 2.45) is 0 Å². The number of fused-ring (bicyclic) bond motifs is 1. The van der Waals surface area contributed by atoms with Gasteiger partial charge in [-0.1, -0.05) is 13.3 Å². The van der Waals surface area contributed by atoms with E-state index in [2.05, 4.69) is 10.1 Å². The Labute approximate surface area is 157 Å². The molecule has 0 saturated carbocycles. The summed E-state index contributed by atoms with van der Waals surface area (Å²) in [6.45, 7) is 1.95. The Morgan fingerprint density at radius 2 is 1.89 bits per heavy atom. The molecule has 9 heteroatoms. The second kappa shape index (κ2) is 7.77. The number of methoxy groups -OCH3 is 1. The van der Waals surface area contributed by atoms with E-state index in [9.17, 15) is 17.7 Å². The van der Waals surface area contributed by atoms with E-state index in [1.807, 2.05) is 6.92 Å². The fourth-order valence-electron chi connectivity index (χ4n) is 2.56. The topological polar surface area (TPSA) is 62.5 Å². The van der Waals surface area contributed by atoms with Crippen LogP contribution in [0.25, 0.3) is 16.9 Å². The van der Waals surface area contributed by atoms with E-state index in [1.54, 1.807) is 24.3 Å². The van der Waals surface area contributed by atoms with Gasteiger partial charge in [-0.25, -0.2) is 9.50 Å². The monoisotopic (exact) mass is 397 g/mol. The molecule has 0 spiro atoms. The summed E-state index contributed by atoms with van der Waals surface area (Å²) >= 11 is -1.46. The highest BCUT2D eigenvalue weighted by molar-refractivity contribution is 7.91. The Morgan fingerprint density at radius 3 is 2.48 bits per heavy atom. The second-order valence-electron chi connectivity index (χ2n) is 5.91. The molecule has 2 aromatic heterocycles. The molecule has 2 heterocycles. The molecule has 0 aliphatic heterocycles. The van der Waals surface area contributed by atoms with Crippen molar-refractivity contribution in [3.05, 3.63) is 42.1 Å². The number of hydrogen-bond donors (Lipinski definition) is 0. The molecule has 0 bridgehead atoms. The van der Waals surface area contributed by atoms with Gasteiger partial charge in [-0.3, -0.25) is 0 Å². The van der Waals surface area contributed by atoms with Gasteiger partial charge >= 0.3 is 6.18 Å². The summed E-state index contributed by atoms with van der Waals surface area (Å²) in [5, 5.41) is 4.01. The van der Waals surface area contributed by atoms with Crippen molar-refractivity contribution in [2.75, 3.05) is 12.9 Å². The van der Waals surface area contributed by atoms with Crippen molar-refractivity contribution in [2.45, 2.75) is 31.0 Å². The molecular formula is C18H18F3N3O2S. The third kappa shape index (κ3) is 4.19. The number of alkyl halides is 3. The van der Waals surface area contributed by atoms with Gasteiger partial charge in [0.1, 0.15) is 11.5 Å². The number of hydrogen-bond acceptors (Lipinski definition) is 4. The molecular weight excluding hydrogens is 379 g/mol. The van der Waals surface area contributed by atoms with Crippen LogP contribution in [-0.2, 0) is 17.4 Å². The van der Waals surface area contributed by atoms with Gasteiger partial charge in [-0.2, -0.15) is 13.2 Å². The smallest absolute Gasteiger partial charge is 0.433 e. The van der Waals surface area contributed by atoms with Crippen molar-refractivity contribution in [3.8, 4) is 17.0 Å². The third-order valence-electron chi connectivity index (χ3n) is 4.00. The minimum absolute atomic E-state index is 0.00971. The van der Waals surface area contributed by atoms with E-state index in [0.29, 0.717) is 28.0 Å². The number of aromatic nitrogens is 3. The summed E-state index contributed by atoms with van der Waals surface area (Å²) in [5.41, 5.74) is -0.283. The molecule has 144 valence electrons. The molecule has 0 saturated heterocycles. The van der Waals surface area contributed by atoms with Gasteiger partial charge < -0.3 is 9.29 Å². The molecule has 3 rings (SSSR count). The molecule has 0 N–H and O–H groups in total. The van der Waals surface area contributed by atoms with Gasteiger partial charge in [0.05, 0.1) is 18.9 Å². The Kier molecular flexibility index (Phi) is 5.61. The van der Waals surface area contributed by atoms with E-state index in [-0.39, 0.29) is 16.4 Å². The fraction of sp³-hybridized carbons (Fsp3) is 0.333. The van der Waals surface area contributed by atoms with E-state index >= 15 is 0 Å². The first-order valence-corrected chi connectivity index (χ1v) is 9.66. The lowest BCUT2D eigenvalue weighted by atomic mass is 10.1. The second-order valence-corrected chi connectivity index (χ2v) is 7.43. The first kappa shape index (κ1) is 19.5. The van der Waals surface area contributed by atoms with Crippen molar-refractivity contribution in [1.82, 2.24) is 14.6 Å². The number of halogens is 3. The van der Waals surface area contributed by atoms with Gasteiger partial charge in [0.2, 0.25) is 0 Å². The maximum absolute atomic E-state index is 13.6. The normalized spacial score (nSPS) is 13.1. The average Bonchev–Trinajstić information content (AvgIpc) is 3.08. The molecule has 0 radical (unpaired) electrons. The van der Waals surface area contributed by atoms with E-state index in [4.69, 9.17) is 4.74 Å². The number of benzene rings is 1. The lowest BCUT2D eigenvalue weighted by Gasteiger charge is -2.11. The summed E-state index contributed by atoms with van der Waals surface area (Å²) in [7, 11) is 1.51. The van der Waals surface area contributed by atoms with E-state index in [0.717, 1.165) is 12.5 Å². The maximum atomic E-state index is 13.6. The predicted octanol–water partition coefficient (Wildman–Crippen LogP) is 4.33. The average molecular weight is 397 g/mol. The Morgan fingerprint density at radius 1 is 1.19 bits per heavy atom. The lowest BCUT2D eigenvalue weighted by molar-refractivity contribution is -0.142. The summed E-state index contributed by atoms with van der Waals surface area (Å²) in [6, 6.07) is 8.86. The highest BCUT2D eigenvalue weighted by Crippen LogP contribution is 2.33. The summed E-state index contributed by atoms with van der Waals surface area (Å²) < 4.78 is 58.7. The van der Waals surface area contributed by atoms with Crippen LogP contribution >= 0.6 is 0 Å². The molecule has 5 nitrogen and oxygen atoms in total. The zero-order valence-corrected chi connectivity index (χ0v) is 15.6. The number of ether oxygens (including phenoxy) is 1. The Balaban J connectivity index is 2.10.